The lowest BCUT2D eigenvalue weighted by molar-refractivity contribution is 0.546. The average Bonchev–Trinajstić information content (AvgIpc) is 2.91. The molecule has 0 bridgehead atoms. The van der Waals surface area contributed by atoms with Gasteiger partial charge in [0.25, 0.3) is 0 Å². The first-order valence-electron chi connectivity index (χ1n) is 19.6. The van der Waals surface area contributed by atoms with E-state index in [0.717, 1.165) is 10.6 Å². The van der Waals surface area contributed by atoms with Crippen LogP contribution in [0.5, 0.6) is 0 Å². The molecule has 1 heterocycles. The van der Waals surface area contributed by atoms with E-state index in [1.54, 1.807) is 21.2 Å². The molecule has 3 aromatic carbocycles. The van der Waals surface area contributed by atoms with Crippen LogP contribution < -0.4 is 0 Å². The summed E-state index contributed by atoms with van der Waals surface area (Å²) in [4.78, 5) is 0. The summed E-state index contributed by atoms with van der Waals surface area (Å²) in [5, 5.41) is 3.66. The second-order valence-electron chi connectivity index (χ2n) is 22.8. The molecule has 1 aliphatic heterocycles. The van der Waals surface area contributed by atoms with E-state index in [-0.39, 0.29) is 37.6 Å². The highest BCUT2D eigenvalue weighted by Crippen LogP contribution is 2.70. The van der Waals surface area contributed by atoms with Gasteiger partial charge >= 0.3 is 0 Å². The number of hydrogen-bond acceptors (Lipinski definition) is 0. The van der Waals surface area contributed by atoms with E-state index in [9.17, 15) is 0 Å². The molecule has 1 aliphatic rings. The van der Waals surface area contributed by atoms with E-state index in [4.69, 9.17) is 0 Å². The Balaban J connectivity index is 2.43. The van der Waals surface area contributed by atoms with Gasteiger partial charge in [0.1, 0.15) is 0 Å². The normalized spacial score (nSPS) is 17.5. The molecule has 0 nitrogen and oxygen atoms in total. The molecule has 0 spiro atoms. The first-order valence-corrected chi connectivity index (χ1v) is 23.3. The van der Waals surface area contributed by atoms with Gasteiger partial charge < -0.3 is 0 Å². The van der Waals surface area contributed by atoms with E-state index < -0.39 is 15.1 Å². The fourth-order valence-electron chi connectivity index (χ4n) is 7.45. The van der Waals surface area contributed by atoms with Gasteiger partial charge in [-0.05, 0) is 108 Å². The van der Waals surface area contributed by atoms with Crippen molar-refractivity contribution in [3.05, 3.63) is 103 Å². The smallest absolute Gasteiger partial charge is 0.0175 e. The van der Waals surface area contributed by atoms with Crippen molar-refractivity contribution in [1.29, 1.82) is 0 Å². The van der Waals surface area contributed by atoms with E-state index in [0.29, 0.717) is 0 Å². The Bertz CT molecular complexity index is 1730. The Morgan fingerprint density at radius 2 is 0.712 bits per heavy atom. The third-order valence-corrected chi connectivity index (χ3v) is 18.5. The van der Waals surface area contributed by atoms with Gasteiger partial charge in [-0.3, -0.25) is 0 Å². The largest absolute Gasteiger partial charge is 0.103 e. The van der Waals surface area contributed by atoms with Gasteiger partial charge in [-0.2, -0.15) is 0 Å². The zero-order valence-corrected chi connectivity index (χ0v) is 40.5. The molecule has 0 aromatic heterocycles. The van der Waals surface area contributed by atoms with Crippen LogP contribution in [0.1, 0.15) is 195 Å². The van der Waals surface area contributed by atoms with Crippen LogP contribution in [0.2, 0.25) is 0 Å². The fraction of sp³-hybridized carbons (Fsp3) is 0.592. The fourth-order valence-corrected chi connectivity index (χ4v) is 16.9. The van der Waals surface area contributed by atoms with E-state index in [2.05, 4.69) is 210 Å². The van der Waals surface area contributed by atoms with Crippen LogP contribution >= 0.6 is 31.0 Å². The van der Waals surface area contributed by atoms with E-state index >= 15 is 0 Å². The molecule has 0 N–H and O–H groups in total. The average molecular weight is 804 g/mol. The molecule has 0 aliphatic carbocycles. The lowest BCUT2D eigenvalue weighted by Gasteiger charge is -2.48. The molecule has 0 radical (unpaired) electrons. The number of hydrogen-bond donors (Lipinski definition) is 0. The predicted octanol–water partition coefficient (Wildman–Crippen LogP) is 15.9. The van der Waals surface area contributed by atoms with E-state index in [1.165, 1.54) is 38.9 Å². The van der Waals surface area contributed by atoms with Gasteiger partial charge in [0.05, 0.1) is 0 Å². The molecular formula is C49H73BrP2. The van der Waals surface area contributed by atoms with Crippen LogP contribution in [0, 0.1) is 0 Å². The Morgan fingerprint density at radius 1 is 0.423 bits per heavy atom. The molecule has 0 unspecified atom stereocenters. The van der Waals surface area contributed by atoms with Crippen molar-refractivity contribution in [3.8, 4) is 0 Å². The van der Waals surface area contributed by atoms with Crippen molar-refractivity contribution < 1.29 is 0 Å². The van der Waals surface area contributed by atoms with Gasteiger partial charge in [-0.1, -0.05) is 198 Å². The summed E-state index contributed by atoms with van der Waals surface area (Å²) in [6.45, 7) is 51.3. The standard InChI is InChI=1S/C49H73BrP2/c1-43(2,3)32-26-35(45(7,8)9)39(36(27-32)46(10,11)12)41-51(30-31-22-24-34(50)25-23-31)42(52(41)49(19,20)21)40-37(47(13,14)15)28-33(44(4,5)6)29-38(40)48(16,17)18/h22-29H,30H2,1-21H3. The molecule has 52 heavy (non-hydrogen) atoms. The molecule has 286 valence electrons. The SMILES string of the molecule is CC(C)(C)c1cc(C(C)(C)C)c(C2=P(Cc3ccc(Br)cc3)=C(c3c(C(C)(C)C)cc(C(C)(C)C)cc3C(C)(C)C)P2C(C)(C)C)c(C(C)(C)C)c1. The minimum atomic E-state index is -0.649. The molecule has 3 aromatic rings. The summed E-state index contributed by atoms with van der Waals surface area (Å²) in [6.07, 6.45) is 1.07. The van der Waals surface area contributed by atoms with Gasteiger partial charge in [0.2, 0.25) is 0 Å². The molecule has 0 fully saturated rings. The summed E-state index contributed by atoms with van der Waals surface area (Å²) in [7, 11) is -1.28. The zero-order valence-electron chi connectivity index (χ0n) is 37.1. The molecule has 3 heteroatoms. The lowest BCUT2D eigenvalue weighted by Crippen LogP contribution is -2.35. The highest BCUT2D eigenvalue weighted by Gasteiger charge is 2.46. The Hall–Kier alpha value is -1.39. The molecule has 0 saturated carbocycles. The monoisotopic (exact) mass is 802 g/mol. The summed E-state index contributed by atoms with van der Waals surface area (Å²) in [5.41, 5.74) is 13.8. The third kappa shape index (κ3) is 9.01. The summed E-state index contributed by atoms with van der Waals surface area (Å²) < 4.78 is 1.15. The zero-order chi connectivity index (χ0) is 39.9. The molecule has 0 amide bonds. The van der Waals surface area contributed by atoms with Crippen molar-refractivity contribution in [1.82, 2.24) is 0 Å². The van der Waals surface area contributed by atoms with Gasteiger partial charge in [0, 0.05) is 20.7 Å². The van der Waals surface area contributed by atoms with Crippen molar-refractivity contribution in [2.24, 2.45) is 0 Å². The summed E-state index contributed by atoms with van der Waals surface area (Å²) in [5.74, 6) is 0. The minimum Gasteiger partial charge on any atom is -0.103 e. The number of benzene rings is 3. The van der Waals surface area contributed by atoms with Crippen LogP contribution in [0.4, 0.5) is 0 Å². The van der Waals surface area contributed by atoms with Gasteiger partial charge in [0.15, 0.2) is 0 Å². The predicted molar refractivity (Wildman–Crippen MR) is 245 cm³/mol. The quantitative estimate of drug-likeness (QED) is 0.231. The number of rotatable bonds is 4. The molecular weight excluding hydrogens is 730 g/mol. The molecule has 4 rings (SSSR count). The minimum absolute atomic E-state index is 0.00164. The first kappa shape index (κ1) is 43.3. The van der Waals surface area contributed by atoms with Crippen LogP contribution in [0.3, 0.4) is 0 Å². The highest BCUT2D eigenvalue weighted by molar-refractivity contribution is 9.10. The van der Waals surface area contributed by atoms with Crippen LogP contribution in [-0.2, 0) is 38.7 Å². The van der Waals surface area contributed by atoms with Gasteiger partial charge in [-0.25, -0.2) is 0 Å². The number of halogens is 1. The Labute approximate surface area is 331 Å². The van der Waals surface area contributed by atoms with Crippen LogP contribution in [0.25, 0.3) is 0 Å². The maximum absolute atomic E-state index is 3.74. The van der Waals surface area contributed by atoms with Crippen molar-refractivity contribution in [2.45, 2.75) is 189 Å². The van der Waals surface area contributed by atoms with Crippen molar-refractivity contribution >= 4 is 41.1 Å². The maximum atomic E-state index is 3.74. The second-order valence-corrected chi connectivity index (χ2v) is 29.4. The van der Waals surface area contributed by atoms with Crippen molar-refractivity contribution in [3.63, 3.8) is 0 Å². The van der Waals surface area contributed by atoms with Crippen molar-refractivity contribution in [2.75, 3.05) is 0 Å². The van der Waals surface area contributed by atoms with Gasteiger partial charge in [-0.15, -0.1) is 7.17 Å². The highest BCUT2D eigenvalue weighted by atomic mass is 79.9. The maximum Gasteiger partial charge on any atom is 0.0175 e. The van der Waals surface area contributed by atoms with Crippen LogP contribution in [0.15, 0.2) is 53.0 Å². The van der Waals surface area contributed by atoms with E-state index in [1.807, 2.05) is 0 Å². The second kappa shape index (κ2) is 14.0. The Morgan fingerprint density at radius 3 is 0.942 bits per heavy atom. The molecule has 0 saturated heterocycles. The summed E-state index contributed by atoms with van der Waals surface area (Å²) in [6, 6.07) is 19.7. The van der Waals surface area contributed by atoms with Crippen LogP contribution in [-0.4, -0.2) is 15.2 Å². The summed E-state index contributed by atoms with van der Waals surface area (Å²) >= 11 is 3.74. The molecule has 0 atom stereocenters. The Kier molecular flexibility index (Phi) is 11.6. The third-order valence-electron chi connectivity index (χ3n) is 10.5. The topological polar surface area (TPSA) is 0 Å². The first-order chi connectivity index (χ1) is 23.1. The lowest BCUT2D eigenvalue weighted by atomic mass is 9.72.